The first-order valence-electron chi connectivity index (χ1n) is 12.4. The van der Waals surface area contributed by atoms with Gasteiger partial charge in [-0.3, -0.25) is 4.40 Å². The second-order valence-corrected chi connectivity index (χ2v) is 9.99. The molecule has 6 rings (SSSR count). The van der Waals surface area contributed by atoms with Crippen molar-refractivity contribution in [2.45, 2.75) is 25.7 Å². The number of para-hydroxylation sites is 1. The molecule has 7 heteroatoms. The van der Waals surface area contributed by atoms with E-state index in [1.807, 2.05) is 61.1 Å². The minimum Gasteiger partial charge on any atom is -0.439 e. The van der Waals surface area contributed by atoms with E-state index in [0.29, 0.717) is 11.8 Å². The highest BCUT2D eigenvalue weighted by Gasteiger charge is 2.33. The van der Waals surface area contributed by atoms with Gasteiger partial charge in [0.15, 0.2) is 5.82 Å². The van der Waals surface area contributed by atoms with Crippen LogP contribution in [0.1, 0.15) is 30.1 Å². The number of nitrogens with one attached hydrogen (secondary N) is 1. The summed E-state index contributed by atoms with van der Waals surface area (Å²) >= 11 is 0. The summed E-state index contributed by atoms with van der Waals surface area (Å²) in [6.45, 7) is 3.22. The maximum Gasteiger partial charge on any atom is 0.220 e. The van der Waals surface area contributed by atoms with Gasteiger partial charge < -0.3 is 15.0 Å². The first-order chi connectivity index (χ1) is 17.5. The Morgan fingerprint density at radius 1 is 1.06 bits per heavy atom. The highest BCUT2D eigenvalue weighted by molar-refractivity contribution is 5.87. The van der Waals surface area contributed by atoms with Gasteiger partial charge in [0.25, 0.3) is 0 Å². The van der Waals surface area contributed by atoms with Crippen molar-refractivity contribution < 1.29 is 4.74 Å². The van der Waals surface area contributed by atoms with Crippen molar-refractivity contribution in [2.24, 2.45) is 5.92 Å². The summed E-state index contributed by atoms with van der Waals surface area (Å²) in [5, 5.41) is 4.58. The molecule has 1 fully saturated rings. The summed E-state index contributed by atoms with van der Waals surface area (Å²) in [5.41, 5.74) is 3.89. The molecule has 0 atom stereocenters. The molecule has 36 heavy (non-hydrogen) atoms. The van der Waals surface area contributed by atoms with Crippen molar-refractivity contribution in [1.82, 2.24) is 24.3 Å². The van der Waals surface area contributed by atoms with E-state index in [1.165, 1.54) is 12.8 Å². The van der Waals surface area contributed by atoms with Crippen molar-refractivity contribution in [2.75, 3.05) is 26.0 Å². The lowest BCUT2D eigenvalue weighted by atomic mass is 9.74. The largest absolute Gasteiger partial charge is 0.439 e. The molecular weight excluding hydrogens is 448 g/mol. The monoisotopic (exact) mass is 478 g/mol. The average molecular weight is 479 g/mol. The van der Waals surface area contributed by atoms with Gasteiger partial charge in [-0.25, -0.2) is 15.0 Å². The van der Waals surface area contributed by atoms with E-state index >= 15 is 0 Å². The lowest BCUT2D eigenvalue weighted by Gasteiger charge is -2.36. The topological polar surface area (TPSA) is 67.6 Å². The normalized spacial score (nSPS) is 17.4. The predicted molar refractivity (Wildman–Crippen MR) is 143 cm³/mol. The Kier molecular flexibility index (Phi) is 5.77. The van der Waals surface area contributed by atoms with Crippen molar-refractivity contribution in [3.8, 4) is 11.6 Å². The van der Waals surface area contributed by atoms with E-state index in [1.54, 1.807) is 0 Å². The van der Waals surface area contributed by atoms with Gasteiger partial charge in [-0.2, -0.15) is 0 Å². The van der Waals surface area contributed by atoms with E-state index in [-0.39, 0.29) is 0 Å². The molecule has 0 unspecified atom stereocenters. The van der Waals surface area contributed by atoms with Crippen LogP contribution in [0.5, 0.6) is 11.6 Å². The van der Waals surface area contributed by atoms with Crippen molar-refractivity contribution in [3.63, 3.8) is 0 Å². The molecule has 1 N–H and O–H groups in total. The van der Waals surface area contributed by atoms with Gasteiger partial charge in [0, 0.05) is 42.0 Å². The van der Waals surface area contributed by atoms with Gasteiger partial charge in [0.2, 0.25) is 5.88 Å². The van der Waals surface area contributed by atoms with Crippen LogP contribution in [0.15, 0.2) is 73.2 Å². The molecule has 1 aliphatic carbocycles. The number of imidazole rings is 1. The quantitative estimate of drug-likeness (QED) is 0.301. The molecule has 182 valence electrons. The second kappa shape index (κ2) is 9.24. The standard InChI is InChI=1S/C29H30N6O/c1-19-13-27(36-23-7-5-4-6-8-23)33-25-16-22(9-10-24(19)25)32-28-26-17-31-29(35(26)12-11-30-28)21-14-20(15-21)18-34(2)3/h4-13,16-17,20-21H,14-15,18H2,1-3H3,(H,30,32). The average Bonchev–Trinajstić information content (AvgIpc) is 3.26. The third-order valence-electron chi connectivity index (χ3n) is 6.93. The molecule has 2 aromatic carbocycles. The number of ether oxygens (including phenoxy) is 1. The number of hydrogen-bond donors (Lipinski definition) is 1. The number of anilines is 2. The van der Waals surface area contributed by atoms with Gasteiger partial charge in [0.05, 0.1) is 11.7 Å². The van der Waals surface area contributed by atoms with Crippen molar-refractivity contribution >= 4 is 27.9 Å². The molecule has 0 aliphatic heterocycles. The molecule has 3 heterocycles. The molecule has 0 radical (unpaired) electrons. The maximum atomic E-state index is 5.99. The lowest BCUT2D eigenvalue weighted by molar-refractivity contribution is 0.194. The number of nitrogens with zero attached hydrogens (tertiary/aromatic N) is 5. The number of aromatic nitrogens is 4. The highest BCUT2D eigenvalue weighted by atomic mass is 16.5. The third kappa shape index (κ3) is 4.38. The zero-order valence-electron chi connectivity index (χ0n) is 20.8. The van der Waals surface area contributed by atoms with Gasteiger partial charge in [-0.15, -0.1) is 0 Å². The number of pyridine rings is 1. The highest BCUT2D eigenvalue weighted by Crippen LogP contribution is 2.41. The first kappa shape index (κ1) is 22.5. The van der Waals surface area contributed by atoms with E-state index < -0.39 is 0 Å². The zero-order valence-corrected chi connectivity index (χ0v) is 20.8. The van der Waals surface area contributed by atoms with Crippen LogP contribution in [0.2, 0.25) is 0 Å². The Balaban J connectivity index is 1.26. The smallest absolute Gasteiger partial charge is 0.220 e. The summed E-state index contributed by atoms with van der Waals surface area (Å²) < 4.78 is 8.18. The Labute approximate surface area is 210 Å². The predicted octanol–water partition coefficient (Wildman–Crippen LogP) is 6.18. The number of benzene rings is 2. The van der Waals surface area contributed by atoms with E-state index in [2.05, 4.69) is 52.8 Å². The molecule has 0 bridgehead atoms. The molecule has 0 saturated heterocycles. The Morgan fingerprint density at radius 3 is 2.69 bits per heavy atom. The van der Waals surface area contributed by atoms with E-state index in [4.69, 9.17) is 14.7 Å². The van der Waals surface area contributed by atoms with Crippen LogP contribution in [0.4, 0.5) is 11.5 Å². The Morgan fingerprint density at radius 2 is 1.89 bits per heavy atom. The van der Waals surface area contributed by atoms with Crippen LogP contribution in [-0.4, -0.2) is 44.9 Å². The van der Waals surface area contributed by atoms with Gasteiger partial charge >= 0.3 is 0 Å². The third-order valence-corrected chi connectivity index (χ3v) is 6.93. The van der Waals surface area contributed by atoms with Gasteiger partial charge in [-0.05, 0) is 69.6 Å². The van der Waals surface area contributed by atoms with Crippen LogP contribution in [-0.2, 0) is 0 Å². The van der Waals surface area contributed by atoms with Gasteiger partial charge in [-0.1, -0.05) is 24.3 Å². The minimum absolute atomic E-state index is 0.503. The van der Waals surface area contributed by atoms with Crippen LogP contribution < -0.4 is 10.1 Å². The fourth-order valence-electron chi connectivity index (χ4n) is 5.21. The zero-order chi connectivity index (χ0) is 24.6. The fraction of sp³-hybridized carbons (Fsp3) is 0.276. The second-order valence-electron chi connectivity index (χ2n) is 9.99. The lowest BCUT2D eigenvalue weighted by Crippen LogP contribution is -2.32. The van der Waals surface area contributed by atoms with Crippen LogP contribution >= 0.6 is 0 Å². The molecule has 0 spiro atoms. The SMILES string of the molecule is Cc1cc(Oc2ccccc2)nc2cc(Nc3nccn4c(C5CC(CN(C)C)C5)ncc34)ccc12. The Hall–Kier alpha value is -3.97. The fourth-order valence-corrected chi connectivity index (χ4v) is 5.21. The van der Waals surface area contributed by atoms with Crippen molar-refractivity contribution in [1.29, 1.82) is 0 Å². The minimum atomic E-state index is 0.503. The molecular formula is C29H30N6O. The van der Waals surface area contributed by atoms with E-state index in [9.17, 15) is 0 Å². The number of hydrogen-bond acceptors (Lipinski definition) is 6. The number of rotatable bonds is 7. The van der Waals surface area contributed by atoms with E-state index in [0.717, 1.165) is 57.5 Å². The summed E-state index contributed by atoms with van der Waals surface area (Å²) in [5.74, 6) is 4.52. The molecule has 5 aromatic rings. The van der Waals surface area contributed by atoms with Crippen molar-refractivity contribution in [3.05, 3.63) is 84.6 Å². The number of fused-ring (bicyclic) bond motifs is 2. The number of aryl methyl sites for hydroxylation is 1. The molecule has 7 nitrogen and oxygen atoms in total. The Bertz CT molecular complexity index is 1520. The summed E-state index contributed by atoms with van der Waals surface area (Å²) in [7, 11) is 4.28. The summed E-state index contributed by atoms with van der Waals surface area (Å²) in [6, 6.07) is 17.9. The van der Waals surface area contributed by atoms with Crippen LogP contribution in [0, 0.1) is 12.8 Å². The molecule has 1 saturated carbocycles. The molecule has 3 aromatic heterocycles. The molecule has 1 aliphatic rings. The summed E-state index contributed by atoms with van der Waals surface area (Å²) in [4.78, 5) is 16.4. The molecule has 0 amide bonds. The van der Waals surface area contributed by atoms with Gasteiger partial charge in [0.1, 0.15) is 17.1 Å². The van der Waals surface area contributed by atoms with Crippen LogP contribution in [0.3, 0.4) is 0 Å². The summed E-state index contributed by atoms with van der Waals surface area (Å²) in [6.07, 6.45) is 8.16. The maximum absolute atomic E-state index is 5.99. The van der Waals surface area contributed by atoms with Crippen LogP contribution in [0.25, 0.3) is 16.4 Å². The first-order valence-corrected chi connectivity index (χ1v) is 12.4.